The van der Waals surface area contributed by atoms with Gasteiger partial charge >= 0.3 is 0 Å². The Labute approximate surface area is 111 Å². The monoisotopic (exact) mass is 262 g/mol. The van der Waals surface area contributed by atoms with Crippen LogP contribution in [0.15, 0.2) is 42.5 Å². The average Bonchev–Trinajstić information content (AvgIpc) is 2.34. The molecule has 1 N–H and O–H groups in total. The van der Waals surface area contributed by atoms with Crippen molar-refractivity contribution in [2.24, 2.45) is 0 Å². The lowest BCUT2D eigenvalue weighted by atomic mass is 9.88. The van der Waals surface area contributed by atoms with E-state index < -0.39 is 17.2 Å². The van der Waals surface area contributed by atoms with E-state index in [1.165, 1.54) is 18.2 Å². The molecular weight excluding hydrogens is 246 g/mol. The molecule has 0 aliphatic heterocycles. The van der Waals surface area contributed by atoms with Gasteiger partial charge in [-0.3, -0.25) is 0 Å². The Morgan fingerprint density at radius 2 is 1.63 bits per heavy atom. The Morgan fingerprint density at radius 3 is 2.21 bits per heavy atom. The molecule has 0 saturated carbocycles. The molecule has 1 atom stereocenters. The van der Waals surface area contributed by atoms with Crippen LogP contribution in [0.4, 0.5) is 8.78 Å². The van der Waals surface area contributed by atoms with Gasteiger partial charge in [-0.15, -0.1) is 0 Å². The minimum Gasteiger partial charge on any atom is -0.385 e. The number of rotatable bonds is 3. The number of benzene rings is 2. The Balaban J connectivity index is 2.36. The molecular formula is C16H16F2O. The van der Waals surface area contributed by atoms with E-state index in [0.717, 1.165) is 5.56 Å². The van der Waals surface area contributed by atoms with Gasteiger partial charge in [0, 0.05) is 12.0 Å². The number of aliphatic hydroxyl groups is 1. The molecule has 2 aromatic rings. The van der Waals surface area contributed by atoms with Crippen LogP contribution in [-0.4, -0.2) is 5.11 Å². The molecule has 19 heavy (non-hydrogen) atoms. The highest BCUT2D eigenvalue weighted by atomic mass is 19.1. The third kappa shape index (κ3) is 2.99. The minimum atomic E-state index is -1.31. The van der Waals surface area contributed by atoms with E-state index >= 15 is 0 Å². The molecule has 0 aliphatic carbocycles. The molecule has 0 aromatic heterocycles. The molecule has 0 fully saturated rings. The fourth-order valence-electron chi connectivity index (χ4n) is 2.13. The van der Waals surface area contributed by atoms with Crippen molar-refractivity contribution in [1.82, 2.24) is 0 Å². The van der Waals surface area contributed by atoms with Crippen molar-refractivity contribution >= 4 is 0 Å². The van der Waals surface area contributed by atoms with Crippen molar-refractivity contribution in [2.75, 3.05) is 0 Å². The van der Waals surface area contributed by atoms with E-state index in [0.29, 0.717) is 5.56 Å². The van der Waals surface area contributed by atoms with Crippen LogP contribution in [0, 0.1) is 18.6 Å². The predicted molar refractivity (Wildman–Crippen MR) is 70.8 cm³/mol. The first-order valence-electron chi connectivity index (χ1n) is 6.12. The Morgan fingerprint density at radius 1 is 1.05 bits per heavy atom. The Kier molecular flexibility index (Phi) is 3.67. The van der Waals surface area contributed by atoms with Crippen molar-refractivity contribution in [3.8, 4) is 0 Å². The topological polar surface area (TPSA) is 20.2 Å². The summed E-state index contributed by atoms with van der Waals surface area (Å²) in [5, 5.41) is 10.5. The molecule has 0 bridgehead atoms. The molecule has 2 rings (SSSR count). The number of aryl methyl sites for hydroxylation is 1. The van der Waals surface area contributed by atoms with Gasteiger partial charge in [0.25, 0.3) is 0 Å². The van der Waals surface area contributed by atoms with Crippen LogP contribution in [0.1, 0.15) is 23.6 Å². The zero-order valence-electron chi connectivity index (χ0n) is 11.0. The van der Waals surface area contributed by atoms with Crippen LogP contribution >= 0.6 is 0 Å². The Bertz CT molecular complexity index is 571. The quantitative estimate of drug-likeness (QED) is 0.893. The van der Waals surface area contributed by atoms with Gasteiger partial charge < -0.3 is 5.11 Å². The molecule has 3 heteroatoms. The normalized spacial score (nSPS) is 14.2. The van der Waals surface area contributed by atoms with Gasteiger partial charge in [0.15, 0.2) is 0 Å². The summed E-state index contributed by atoms with van der Waals surface area (Å²) in [6.45, 7) is 3.47. The maximum Gasteiger partial charge on any atom is 0.129 e. The second kappa shape index (κ2) is 5.10. The van der Waals surface area contributed by atoms with Crippen LogP contribution in [0.2, 0.25) is 0 Å². The molecule has 0 saturated heterocycles. The summed E-state index contributed by atoms with van der Waals surface area (Å²) in [7, 11) is 0. The first-order valence-corrected chi connectivity index (χ1v) is 6.12. The lowest BCUT2D eigenvalue weighted by molar-refractivity contribution is 0.0556. The van der Waals surface area contributed by atoms with E-state index in [9.17, 15) is 13.9 Å². The second-order valence-corrected chi connectivity index (χ2v) is 5.02. The summed E-state index contributed by atoms with van der Waals surface area (Å²) in [5.41, 5.74) is 0.241. The first-order chi connectivity index (χ1) is 8.90. The SMILES string of the molecule is Cc1cccc(C(C)(O)Cc2c(F)cccc2F)c1. The van der Waals surface area contributed by atoms with E-state index in [1.54, 1.807) is 13.0 Å². The third-order valence-electron chi connectivity index (χ3n) is 3.22. The van der Waals surface area contributed by atoms with E-state index in [2.05, 4.69) is 0 Å². The van der Waals surface area contributed by atoms with Crippen LogP contribution in [0.3, 0.4) is 0 Å². The highest BCUT2D eigenvalue weighted by Crippen LogP contribution is 2.28. The summed E-state index contributed by atoms with van der Waals surface area (Å²) in [6, 6.07) is 11.0. The van der Waals surface area contributed by atoms with Crippen molar-refractivity contribution in [1.29, 1.82) is 0 Å². The van der Waals surface area contributed by atoms with Crippen molar-refractivity contribution in [2.45, 2.75) is 25.9 Å². The lowest BCUT2D eigenvalue weighted by Gasteiger charge is -2.25. The number of hydrogen-bond acceptors (Lipinski definition) is 1. The lowest BCUT2D eigenvalue weighted by Crippen LogP contribution is -2.25. The van der Waals surface area contributed by atoms with Gasteiger partial charge in [-0.1, -0.05) is 35.9 Å². The zero-order chi connectivity index (χ0) is 14.0. The fourth-order valence-corrected chi connectivity index (χ4v) is 2.13. The summed E-state index contributed by atoms with van der Waals surface area (Å²) in [5.74, 6) is -1.26. The average molecular weight is 262 g/mol. The van der Waals surface area contributed by atoms with Gasteiger partial charge in [-0.2, -0.15) is 0 Å². The highest BCUT2D eigenvalue weighted by Gasteiger charge is 2.26. The maximum absolute atomic E-state index is 13.6. The molecule has 1 unspecified atom stereocenters. The van der Waals surface area contributed by atoms with Crippen LogP contribution in [-0.2, 0) is 12.0 Å². The molecule has 0 aliphatic rings. The number of halogens is 2. The van der Waals surface area contributed by atoms with E-state index in [4.69, 9.17) is 0 Å². The summed E-state index contributed by atoms with van der Waals surface area (Å²) < 4.78 is 27.2. The third-order valence-corrected chi connectivity index (χ3v) is 3.22. The molecule has 0 radical (unpaired) electrons. The maximum atomic E-state index is 13.6. The standard InChI is InChI=1S/C16H16F2O/c1-11-5-3-6-12(9-11)16(2,19)10-13-14(17)7-4-8-15(13)18/h3-9,19H,10H2,1-2H3. The van der Waals surface area contributed by atoms with Crippen LogP contribution < -0.4 is 0 Å². The zero-order valence-corrected chi connectivity index (χ0v) is 11.0. The Hall–Kier alpha value is -1.74. The predicted octanol–water partition coefficient (Wildman–Crippen LogP) is 3.72. The van der Waals surface area contributed by atoms with Crippen LogP contribution in [0.25, 0.3) is 0 Å². The van der Waals surface area contributed by atoms with Gasteiger partial charge in [0.2, 0.25) is 0 Å². The second-order valence-electron chi connectivity index (χ2n) is 5.02. The number of hydrogen-bond donors (Lipinski definition) is 1. The van der Waals surface area contributed by atoms with E-state index in [1.807, 2.05) is 25.1 Å². The van der Waals surface area contributed by atoms with Crippen molar-refractivity contribution in [3.05, 3.63) is 70.8 Å². The largest absolute Gasteiger partial charge is 0.385 e. The van der Waals surface area contributed by atoms with Gasteiger partial charge in [0.1, 0.15) is 11.6 Å². The van der Waals surface area contributed by atoms with Crippen molar-refractivity contribution < 1.29 is 13.9 Å². The van der Waals surface area contributed by atoms with Gasteiger partial charge in [-0.25, -0.2) is 8.78 Å². The van der Waals surface area contributed by atoms with Crippen molar-refractivity contribution in [3.63, 3.8) is 0 Å². The fraction of sp³-hybridized carbons (Fsp3) is 0.250. The molecule has 0 heterocycles. The highest BCUT2D eigenvalue weighted by molar-refractivity contribution is 5.30. The summed E-state index contributed by atoms with van der Waals surface area (Å²) in [4.78, 5) is 0. The van der Waals surface area contributed by atoms with Gasteiger partial charge in [-0.05, 0) is 31.5 Å². The first kappa shape index (κ1) is 13.7. The summed E-state index contributed by atoms with van der Waals surface area (Å²) in [6.07, 6.45) is -0.102. The molecule has 0 spiro atoms. The molecule has 1 nitrogen and oxygen atoms in total. The summed E-state index contributed by atoms with van der Waals surface area (Å²) >= 11 is 0. The van der Waals surface area contributed by atoms with Crippen LogP contribution in [0.5, 0.6) is 0 Å². The molecule has 0 amide bonds. The smallest absolute Gasteiger partial charge is 0.129 e. The van der Waals surface area contributed by atoms with E-state index in [-0.39, 0.29) is 12.0 Å². The molecule has 2 aromatic carbocycles. The minimum absolute atomic E-state index is 0.0889. The van der Waals surface area contributed by atoms with Gasteiger partial charge in [0.05, 0.1) is 5.60 Å². The molecule has 100 valence electrons.